The zero-order valence-corrected chi connectivity index (χ0v) is 11.5. The molecule has 0 aliphatic rings. The first-order valence-electron chi connectivity index (χ1n) is 6.25. The second-order valence-electron chi connectivity index (χ2n) is 5.61. The molecule has 0 unspecified atom stereocenters. The first kappa shape index (κ1) is 13.1. The van der Waals surface area contributed by atoms with Crippen LogP contribution in [-0.4, -0.2) is 0 Å². The number of rotatable bonds is 1. The molecule has 2 aromatic rings. The molecule has 0 fully saturated rings. The van der Waals surface area contributed by atoms with Crippen molar-refractivity contribution in [1.29, 1.82) is 5.26 Å². The number of aromatic nitrogens is 1. The highest BCUT2D eigenvalue weighted by molar-refractivity contribution is 5.74. The summed E-state index contributed by atoms with van der Waals surface area (Å²) in [6, 6.07) is 14.1. The van der Waals surface area contributed by atoms with Gasteiger partial charge in [0.25, 0.3) is 5.82 Å². The molecule has 0 amide bonds. The van der Waals surface area contributed by atoms with Gasteiger partial charge < -0.3 is 0 Å². The number of hydrogen-bond acceptors (Lipinski definition) is 2. The summed E-state index contributed by atoms with van der Waals surface area (Å²) in [7, 11) is 0. The van der Waals surface area contributed by atoms with Crippen LogP contribution in [-0.2, 0) is 5.41 Å². The number of pyridine rings is 1. The number of nitrogen functional groups attached to an aromatic ring is 1. The van der Waals surface area contributed by atoms with Gasteiger partial charge >= 0.3 is 0 Å². The standard InChI is InChI=1S/C16H17N3/c1-16(2,3)14-9-12(11-7-5-4-6-8-11)13(10-17)15(18)19-14/h4-9H,1-3H3,(H2,18,19)/p+1. The fourth-order valence-corrected chi connectivity index (χ4v) is 1.98. The van der Waals surface area contributed by atoms with Crippen LogP contribution in [0.5, 0.6) is 0 Å². The van der Waals surface area contributed by atoms with Crippen LogP contribution < -0.4 is 10.7 Å². The molecule has 1 heterocycles. The van der Waals surface area contributed by atoms with Crippen LogP contribution in [0.25, 0.3) is 11.1 Å². The lowest BCUT2D eigenvalue weighted by Gasteiger charge is -2.17. The third-order valence-electron chi connectivity index (χ3n) is 3.10. The predicted octanol–water partition coefficient (Wildman–Crippen LogP) is 2.92. The lowest BCUT2D eigenvalue weighted by Crippen LogP contribution is -2.27. The second-order valence-corrected chi connectivity index (χ2v) is 5.61. The van der Waals surface area contributed by atoms with E-state index in [0.717, 1.165) is 16.8 Å². The zero-order chi connectivity index (χ0) is 14.0. The second kappa shape index (κ2) is 4.74. The monoisotopic (exact) mass is 252 g/mol. The average Bonchev–Trinajstić information content (AvgIpc) is 2.37. The number of anilines is 1. The van der Waals surface area contributed by atoms with Crippen molar-refractivity contribution in [1.82, 2.24) is 0 Å². The van der Waals surface area contributed by atoms with Crippen molar-refractivity contribution in [3.63, 3.8) is 0 Å². The molecule has 3 heteroatoms. The maximum absolute atomic E-state index is 9.30. The Morgan fingerprint density at radius 3 is 2.32 bits per heavy atom. The molecule has 0 aliphatic heterocycles. The van der Waals surface area contributed by atoms with Gasteiger partial charge in [0.2, 0.25) is 0 Å². The molecule has 0 atom stereocenters. The average molecular weight is 252 g/mol. The van der Waals surface area contributed by atoms with Crippen molar-refractivity contribution < 1.29 is 4.98 Å². The third-order valence-corrected chi connectivity index (χ3v) is 3.10. The number of H-pyrrole nitrogens is 1. The van der Waals surface area contributed by atoms with Crippen molar-refractivity contribution in [3.8, 4) is 17.2 Å². The van der Waals surface area contributed by atoms with Gasteiger partial charge in [-0.1, -0.05) is 51.1 Å². The van der Waals surface area contributed by atoms with Gasteiger partial charge in [-0.3, -0.25) is 5.73 Å². The van der Waals surface area contributed by atoms with E-state index in [1.54, 1.807) is 0 Å². The molecule has 0 saturated carbocycles. The number of nitrogens with one attached hydrogen (secondary N) is 1. The zero-order valence-electron chi connectivity index (χ0n) is 11.5. The number of nitriles is 1. The van der Waals surface area contributed by atoms with E-state index in [1.165, 1.54) is 0 Å². The minimum atomic E-state index is -0.0500. The molecule has 0 radical (unpaired) electrons. The van der Waals surface area contributed by atoms with Crippen LogP contribution in [0.3, 0.4) is 0 Å². The fraction of sp³-hybridized carbons (Fsp3) is 0.250. The molecule has 19 heavy (non-hydrogen) atoms. The summed E-state index contributed by atoms with van der Waals surface area (Å²) in [6.07, 6.45) is 0. The van der Waals surface area contributed by atoms with Crippen LogP contribution in [0.2, 0.25) is 0 Å². The van der Waals surface area contributed by atoms with E-state index in [0.29, 0.717) is 11.4 Å². The normalized spacial score (nSPS) is 11.1. The van der Waals surface area contributed by atoms with E-state index >= 15 is 0 Å². The lowest BCUT2D eigenvalue weighted by molar-refractivity contribution is -0.379. The van der Waals surface area contributed by atoms with Gasteiger partial charge in [0, 0.05) is 11.0 Å². The Kier molecular flexibility index (Phi) is 3.26. The molecular formula is C16H18N3+. The Labute approximate surface area is 113 Å². The quantitative estimate of drug-likeness (QED) is 0.848. The van der Waals surface area contributed by atoms with Gasteiger partial charge in [-0.05, 0) is 11.6 Å². The van der Waals surface area contributed by atoms with Crippen molar-refractivity contribution in [3.05, 3.63) is 47.7 Å². The predicted molar refractivity (Wildman–Crippen MR) is 76.3 cm³/mol. The molecule has 0 saturated heterocycles. The summed E-state index contributed by atoms with van der Waals surface area (Å²) >= 11 is 0. The summed E-state index contributed by atoms with van der Waals surface area (Å²) in [5.41, 5.74) is 9.34. The van der Waals surface area contributed by atoms with Gasteiger partial charge in [-0.15, -0.1) is 0 Å². The highest BCUT2D eigenvalue weighted by atomic mass is 14.9. The van der Waals surface area contributed by atoms with E-state index in [9.17, 15) is 5.26 Å². The van der Waals surface area contributed by atoms with Gasteiger partial charge in [0.1, 0.15) is 17.3 Å². The fourth-order valence-electron chi connectivity index (χ4n) is 1.98. The molecular weight excluding hydrogens is 234 g/mol. The Balaban J connectivity index is 2.72. The molecule has 1 aromatic carbocycles. The van der Waals surface area contributed by atoms with E-state index < -0.39 is 0 Å². The number of nitrogens with two attached hydrogens (primary N) is 1. The van der Waals surface area contributed by atoms with E-state index in [1.807, 2.05) is 36.4 Å². The number of aromatic amines is 1. The van der Waals surface area contributed by atoms with Crippen LogP contribution in [0.4, 0.5) is 5.82 Å². The van der Waals surface area contributed by atoms with Gasteiger partial charge in [-0.2, -0.15) is 5.26 Å². The van der Waals surface area contributed by atoms with Crippen molar-refractivity contribution >= 4 is 5.82 Å². The maximum atomic E-state index is 9.30. The first-order valence-corrected chi connectivity index (χ1v) is 6.25. The van der Waals surface area contributed by atoms with Gasteiger partial charge in [0.05, 0.1) is 0 Å². The highest BCUT2D eigenvalue weighted by Crippen LogP contribution is 2.29. The largest absolute Gasteiger partial charge is 0.289 e. The van der Waals surface area contributed by atoms with E-state index in [4.69, 9.17) is 5.73 Å². The molecule has 0 bridgehead atoms. The highest BCUT2D eigenvalue weighted by Gasteiger charge is 2.23. The Hall–Kier alpha value is -2.34. The maximum Gasteiger partial charge on any atom is 0.289 e. The smallest absolute Gasteiger partial charge is 0.286 e. The number of nitrogens with zero attached hydrogens (tertiary/aromatic N) is 1. The molecule has 2 rings (SSSR count). The first-order chi connectivity index (χ1) is 8.93. The molecule has 0 spiro atoms. The Morgan fingerprint density at radius 1 is 1.16 bits per heavy atom. The number of hydrogen-bond donors (Lipinski definition) is 1. The summed E-state index contributed by atoms with van der Waals surface area (Å²) in [6.45, 7) is 6.33. The van der Waals surface area contributed by atoms with E-state index in [2.05, 4.69) is 31.8 Å². The topological polar surface area (TPSA) is 64.0 Å². The molecule has 3 nitrogen and oxygen atoms in total. The third kappa shape index (κ3) is 2.58. The lowest BCUT2D eigenvalue weighted by atomic mass is 9.88. The van der Waals surface area contributed by atoms with Crippen molar-refractivity contribution in [2.45, 2.75) is 26.2 Å². The Morgan fingerprint density at radius 2 is 1.79 bits per heavy atom. The molecule has 0 aliphatic carbocycles. The summed E-state index contributed by atoms with van der Waals surface area (Å²) in [5, 5.41) is 9.30. The van der Waals surface area contributed by atoms with Crippen molar-refractivity contribution in [2.75, 3.05) is 5.73 Å². The summed E-state index contributed by atoms with van der Waals surface area (Å²) in [5.74, 6) is 0.425. The molecule has 3 N–H and O–H groups in total. The van der Waals surface area contributed by atoms with Gasteiger partial charge in [-0.25, -0.2) is 4.98 Å². The minimum Gasteiger partial charge on any atom is -0.286 e. The Bertz CT molecular complexity index is 632. The molecule has 1 aromatic heterocycles. The van der Waals surface area contributed by atoms with Crippen LogP contribution in [0.15, 0.2) is 36.4 Å². The van der Waals surface area contributed by atoms with Crippen LogP contribution in [0.1, 0.15) is 32.0 Å². The van der Waals surface area contributed by atoms with Crippen LogP contribution >= 0.6 is 0 Å². The number of benzene rings is 1. The van der Waals surface area contributed by atoms with Gasteiger partial charge in [0.15, 0.2) is 0 Å². The van der Waals surface area contributed by atoms with Crippen molar-refractivity contribution in [2.24, 2.45) is 0 Å². The van der Waals surface area contributed by atoms with Crippen LogP contribution in [0, 0.1) is 11.3 Å². The summed E-state index contributed by atoms with van der Waals surface area (Å²) in [4.78, 5) is 3.13. The molecule has 96 valence electrons. The van der Waals surface area contributed by atoms with E-state index in [-0.39, 0.29) is 5.41 Å². The SMILES string of the molecule is CC(C)(C)c1cc(-c2ccccc2)c(C#N)c(N)[nH+]1. The minimum absolute atomic E-state index is 0.0500. The summed E-state index contributed by atoms with van der Waals surface area (Å²) < 4.78 is 0.